The SMILES string of the molecule is CCN(CC)C(=O)CCNCCCCSC. The molecule has 0 fully saturated rings. The van der Waals surface area contributed by atoms with Crippen molar-refractivity contribution in [2.75, 3.05) is 38.2 Å². The van der Waals surface area contributed by atoms with Gasteiger partial charge in [-0.2, -0.15) is 11.8 Å². The second-order valence-corrected chi connectivity index (χ2v) is 4.75. The highest BCUT2D eigenvalue weighted by Gasteiger charge is 2.07. The second kappa shape index (κ2) is 11.3. The van der Waals surface area contributed by atoms with Gasteiger partial charge in [-0.3, -0.25) is 4.79 Å². The molecule has 3 nitrogen and oxygen atoms in total. The largest absolute Gasteiger partial charge is 0.343 e. The van der Waals surface area contributed by atoms with Crippen LogP contribution in [0.25, 0.3) is 0 Å². The van der Waals surface area contributed by atoms with Gasteiger partial charge in [-0.15, -0.1) is 0 Å². The number of carbonyl (C=O) groups is 1. The standard InChI is InChI=1S/C12H26N2OS/c1-4-14(5-2)12(15)8-10-13-9-6-7-11-16-3/h13H,4-11H2,1-3H3. The quantitative estimate of drug-likeness (QED) is 0.598. The van der Waals surface area contributed by atoms with Crippen LogP contribution in [-0.2, 0) is 4.79 Å². The Kier molecular flexibility index (Phi) is 11.1. The minimum atomic E-state index is 0.265. The number of carbonyl (C=O) groups excluding carboxylic acids is 1. The number of hydrogen-bond donors (Lipinski definition) is 1. The highest BCUT2D eigenvalue weighted by atomic mass is 32.2. The Labute approximate surface area is 104 Å². The molecule has 1 amide bonds. The molecule has 0 aromatic rings. The van der Waals surface area contributed by atoms with Crippen LogP contribution in [0.15, 0.2) is 0 Å². The van der Waals surface area contributed by atoms with Crippen LogP contribution < -0.4 is 5.32 Å². The summed E-state index contributed by atoms with van der Waals surface area (Å²) in [6.07, 6.45) is 5.23. The Bertz CT molecular complexity index is 172. The van der Waals surface area contributed by atoms with Crippen LogP contribution in [0.2, 0.25) is 0 Å². The summed E-state index contributed by atoms with van der Waals surface area (Å²) in [7, 11) is 0. The van der Waals surface area contributed by atoms with Crippen LogP contribution in [0.3, 0.4) is 0 Å². The van der Waals surface area contributed by atoms with Crippen LogP contribution in [0.5, 0.6) is 0 Å². The van der Waals surface area contributed by atoms with E-state index in [0.717, 1.165) is 26.2 Å². The van der Waals surface area contributed by atoms with Crippen LogP contribution >= 0.6 is 11.8 Å². The zero-order valence-corrected chi connectivity index (χ0v) is 11.7. The average molecular weight is 246 g/mol. The molecule has 0 aliphatic heterocycles. The molecule has 0 saturated carbocycles. The minimum Gasteiger partial charge on any atom is -0.343 e. The number of hydrogen-bond acceptors (Lipinski definition) is 3. The highest BCUT2D eigenvalue weighted by Crippen LogP contribution is 1.98. The van der Waals surface area contributed by atoms with Crippen molar-refractivity contribution in [2.45, 2.75) is 33.1 Å². The molecule has 0 aromatic carbocycles. The molecular formula is C12H26N2OS. The summed E-state index contributed by atoms with van der Waals surface area (Å²) >= 11 is 1.89. The fraction of sp³-hybridized carbons (Fsp3) is 0.917. The Hall–Kier alpha value is -0.220. The van der Waals surface area contributed by atoms with Gasteiger partial charge in [0.15, 0.2) is 0 Å². The first kappa shape index (κ1) is 15.8. The Balaban J connectivity index is 3.33. The monoisotopic (exact) mass is 246 g/mol. The number of nitrogens with zero attached hydrogens (tertiary/aromatic N) is 1. The van der Waals surface area contributed by atoms with Gasteiger partial charge in [-0.1, -0.05) is 0 Å². The van der Waals surface area contributed by atoms with Crippen molar-refractivity contribution < 1.29 is 4.79 Å². The normalized spacial score (nSPS) is 10.4. The van der Waals surface area contributed by atoms with E-state index in [4.69, 9.17) is 0 Å². The molecule has 96 valence electrons. The third-order valence-corrected chi connectivity index (χ3v) is 3.28. The van der Waals surface area contributed by atoms with Crippen molar-refractivity contribution in [1.29, 1.82) is 0 Å². The topological polar surface area (TPSA) is 32.3 Å². The van der Waals surface area contributed by atoms with Gasteiger partial charge < -0.3 is 10.2 Å². The lowest BCUT2D eigenvalue weighted by Crippen LogP contribution is -2.33. The van der Waals surface area contributed by atoms with E-state index in [-0.39, 0.29) is 5.91 Å². The molecular weight excluding hydrogens is 220 g/mol. The zero-order chi connectivity index (χ0) is 12.2. The fourth-order valence-corrected chi connectivity index (χ4v) is 2.04. The molecule has 4 heteroatoms. The summed E-state index contributed by atoms with van der Waals surface area (Å²) in [6, 6.07) is 0. The van der Waals surface area contributed by atoms with E-state index in [1.807, 2.05) is 30.5 Å². The van der Waals surface area contributed by atoms with Gasteiger partial charge in [0.25, 0.3) is 0 Å². The van der Waals surface area contributed by atoms with Gasteiger partial charge in [0, 0.05) is 26.1 Å². The maximum atomic E-state index is 11.6. The lowest BCUT2D eigenvalue weighted by Gasteiger charge is -2.18. The summed E-state index contributed by atoms with van der Waals surface area (Å²) in [4.78, 5) is 13.5. The molecule has 0 bridgehead atoms. The minimum absolute atomic E-state index is 0.265. The van der Waals surface area contributed by atoms with Crippen molar-refractivity contribution in [3.63, 3.8) is 0 Å². The van der Waals surface area contributed by atoms with Gasteiger partial charge in [-0.05, 0) is 45.2 Å². The van der Waals surface area contributed by atoms with E-state index in [9.17, 15) is 4.79 Å². The van der Waals surface area contributed by atoms with Crippen molar-refractivity contribution in [1.82, 2.24) is 10.2 Å². The van der Waals surface area contributed by atoms with Gasteiger partial charge in [0.1, 0.15) is 0 Å². The molecule has 0 rings (SSSR count). The molecule has 0 radical (unpaired) electrons. The number of unbranched alkanes of at least 4 members (excludes halogenated alkanes) is 1. The van der Waals surface area contributed by atoms with E-state index in [2.05, 4.69) is 11.6 Å². The van der Waals surface area contributed by atoms with Crippen LogP contribution in [0.1, 0.15) is 33.1 Å². The maximum Gasteiger partial charge on any atom is 0.223 e. The van der Waals surface area contributed by atoms with E-state index in [1.54, 1.807) is 0 Å². The Morgan fingerprint density at radius 3 is 2.44 bits per heavy atom. The van der Waals surface area contributed by atoms with Gasteiger partial charge in [-0.25, -0.2) is 0 Å². The van der Waals surface area contributed by atoms with Gasteiger partial charge >= 0.3 is 0 Å². The lowest BCUT2D eigenvalue weighted by molar-refractivity contribution is -0.130. The summed E-state index contributed by atoms with van der Waals surface area (Å²) in [5.41, 5.74) is 0. The summed E-state index contributed by atoms with van der Waals surface area (Å²) < 4.78 is 0. The predicted octanol–water partition coefficient (Wildman–Crippen LogP) is 1.98. The second-order valence-electron chi connectivity index (χ2n) is 3.77. The van der Waals surface area contributed by atoms with Crippen molar-refractivity contribution in [2.24, 2.45) is 0 Å². The zero-order valence-electron chi connectivity index (χ0n) is 10.9. The first-order valence-corrected chi connectivity index (χ1v) is 7.63. The van der Waals surface area contributed by atoms with Crippen molar-refractivity contribution >= 4 is 17.7 Å². The summed E-state index contributed by atoms with van der Waals surface area (Å²) in [6.45, 7) is 7.54. The average Bonchev–Trinajstić information content (AvgIpc) is 2.29. The van der Waals surface area contributed by atoms with Gasteiger partial charge in [0.05, 0.1) is 0 Å². The Morgan fingerprint density at radius 1 is 1.19 bits per heavy atom. The molecule has 0 aliphatic carbocycles. The maximum absolute atomic E-state index is 11.6. The molecule has 0 heterocycles. The van der Waals surface area contributed by atoms with Crippen molar-refractivity contribution in [3.8, 4) is 0 Å². The summed E-state index contributed by atoms with van der Waals surface area (Å²) in [5, 5.41) is 3.32. The smallest absolute Gasteiger partial charge is 0.223 e. The molecule has 0 saturated heterocycles. The summed E-state index contributed by atoms with van der Waals surface area (Å²) in [5.74, 6) is 1.50. The number of rotatable bonds is 10. The third-order valence-electron chi connectivity index (χ3n) is 2.58. The van der Waals surface area contributed by atoms with E-state index in [0.29, 0.717) is 6.42 Å². The first-order chi connectivity index (χ1) is 7.76. The number of nitrogens with one attached hydrogen (secondary N) is 1. The molecule has 0 spiro atoms. The van der Waals surface area contributed by atoms with Crippen LogP contribution in [0.4, 0.5) is 0 Å². The number of amides is 1. The highest BCUT2D eigenvalue weighted by molar-refractivity contribution is 7.98. The first-order valence-electron chi connectivity index (χ1n) is 6.23. The lowest BCUT2D eigenvalue weighted by atomic mass is 10.3. The molecule has 16 heavy (non-hydrogen) atoms. The van der Waals surface area contributed by atoms with Crippen molar-refractivity contribution in [3.05, 3.63) is 0 Å². The number of thioether (sulfide) groups is 1. The molecule has 0 aliphatic rings. The predicted molar refractivity (Wildman–Crippen MR) is 73.0 cm³/mol. The van der Waals surface area contributed by atoms with E-state index >= 15 is 0 Å². The third kappa shape index (κ3) is 7.99. The molecule has 0 aromatic heterocycles. The van der Waals surface area contributed by atoms with E-state index < -0.39 is 0 Å². The molecule has 0 unspecified atom stereocenters. The van der Waals surface area contributed by atoms with Crippen LogP contribution in [-0.4, -0.2) is 49.0 Å². The van der Waals surface area contributed by atoms with Gasteiger partial charge in [0.2, 0.25) is 5.91 Å². The Morgan fingerprint density at radius 2 is 1.88 bits per heavy atom. The molecule has 1 N–H and O–H groups in total. The fourth-order valence-electron chi connectivity index (χ4n) is 1.55. The molecule has 0 atom stereocenters. The van der Waals surface area contributed by atoms with Crippen LogP contribution in [0, 0.1) is 0 Å². The van der Waals surface area contributed by atoms with E-state index in [1.165, 1.54) is 18.6 Å².